The number of aliphatic hydroxyl groups is 8. The Kier molecular flexibility index (Phi) is 22.0. The number of halogens is 5. The lowest BCUT2D eigenvalue weighted by atomic mass is 9.99. The largest absolute Gasteiger partial charge is 0.487 e. The number of fused-ring (bicyclic) bond motifs is 8. The van der Waals surface area contributed by atoms with Crippen LogP contribution >= 0.6 is 15.9 Å². The van der Waals surface area contributed by atoms with E-state index in [2.05, 4.69) is 75.9 Å². The first-order valence-corrected chi connectivity index (χ1v) is 39.7. The molecule has 4 saturated carbocycles. The fourth-order valence-electron chi connectivity index (χ4n) is 18.0. The van der Waals surface area contributed by atoms with Gasteiger partial charge in [-0.2, -0.15) is 0 Å². The van der Waals surface area contributed by atoms with E-state index in [9.17, 15) is 58.4 Å². The Morgan fingerprint density at radius 2 is 0.828 bits per heavy atom. The van der Waals surface area contributed by atoms with Crippen LogP contribution in [0.15, 0.2) is 151 Å². The van der Waals surface area contributed by atoms with Gasteiger partial charge in [0.25, 0.3) is 0 Å². The van der Waals surface area contributed by atoms with E-state index in [0.717, 1.165) is 84.8 Å². The van der Waals surface area contributed by atoms with Crippen LogP contribution < -0.4 is 52.1 Å². The second kappa shape index (κ2) is 32.5. The summed E-state index contributed by atoms with van der Waals surface area (Å²) in [4.78, 5) is 19.3. The predicted octanol–water partition coefficient (Wildman–Crippen LogP) is 7.55. The van der Waals surface area contributed by atoms with Crippen molar-refractivity contribution in [3.05, 3.63) is 219 Å². The van der Waals surface area contributed by atoms with Crippen molar-refractivity contribution in [1.29, 1.82) is 0 Å². The monoisotopic (exact) mass is 1660 g/mol. The average molecular weight is 1660 g/mol. The van der Waals surface area contributed by atoms with Crippen LogP contribution in [-0.4, -0.2) is 184 Å². The van der Waals surface area contributed by atoms with Crippen molar-refractivity contribution in [3.63, 3.8) is 0 Å². The third kappa shape index (κ3) is 14.6. The minimum atomic E-state index is -1.22. The fraction of sp³-hybridized carbons (Fsp3) is 0.381. The third-order valence-electron chi connectivity index (χ3n) is 24.1. The van der Waals surface area contributed by atoms with Crippen LogP contribution in [0.25, 0.3) is 44.1 Å². The number of nitrogens with one attached hydrogen (secondary N) is 3. The van der Waals surface area contributed by atoms with Crippen molar-refractivity contribution in [2.24, 2.45) is 0 Å². The maximum atomic E-state index is 14.5. The first-order chi connectivity index (χ1) is 56.1. The van der Waals surface area contributed by atoms with Gasteiger partial charge < -0.3 is 116 Å². The molecule has 8 aromatic heterocycles. The number of benzene rings is 4. The van der Waals surface area contributed by atoms with Crippen molar-refractivity contribution in [3.8, 4) is 23.0 Å². The molecule has 4 aliphatic carbocycles. The molecule has 0 spiro atoms. The van der Waals surface area contributed by atoms with Gasteiger partial charge in [0, 0.05) is 159 Å². The Morgan fingerprint density at radius 3 is 1.33 bits per heavy atom. The van der Waals surface area contributed by atoms with Gasteiger partial charge in [-0.05, 0) is 138 Å². The molecule has 4 aromatic carbocycles. The summed E-state index contributed by atoms with van der Waals surface area (Å²) in [6.07, 6.45) is 4.60. The lowest BCUT2D eigenvalue weighted by molar-refractivity contribution is -0.0168. The van der Waals surface area contributed by atoms with Crippen LogP contribution in [0.1, 0.15) is 94.4 Å². The minimum Gasteiger partial charge on any atom is -0.487 e. The molecule has 12 heterocycles. The Hall–Kier alpha value is -10.0. The summed E-state index contributed by atoms with van der Waals surface area (Å²) >= 11 is 3.23. The molecule has 0 radical (unpaired) electrons. The van der Waals surface area contributed by atoms with E-state index in [1.807, 2.05) is 71.4 Å². The van der Waals surface area contributed by atoms with Gasteiger partial charge in [-0.1, -0.05) is 36.4 Å². The van der Waals surface area contributed by atoms with E-state index in [1.165, 1.54) is 76.6 Å². The quantitative estimate of drug-likeness (QED) is 0.0525. The molecule has 0 bridgehead atoms. The molecule has 8 aliphatic rings. The van der Waals surface area contributed by atoms with Gasteiger partial charge in [0.2, 0.25) is 0 Å². The molecule has 116 heavy (non-hydrogen) atoms. The van der Waals surface area contributed by atoms with Crippen LogP contribution in [0, 0.1) is 23.3 Å². The van der Waals surface area contributed by atoms with Crippen LogP contribution in [0.4, 0.5) is 34.6 Å². The first-order valence-electron chi connectivity index (χ1n) is 38.9. The number of hydrogen-bond acceptors (Lipinski definition) is 23. The number of nitrogens with zero attached hydrogens (tertiary/aromatic N) is 9. The second-order valence-electron chi connectivity index (χ2n) is 31.1. The van der Waals surface area contributed by atoms with Crippen LogP contribution in [0.5, 0.6) is 23.0 Å². The molecular weight excluding hydrogens is 1570 g/mol. The normalized spacial score (nSPS) is 26.7. The van der Waals surface area contributed by atoms with E-state index in [4.69, 9.17) is 36.1 Å². The summed E-state index contributed by atoms with van der Waals surface area (Å²) in [6.45, 7) is 6.10. The molecule has 27 nitrogen and oxygen atoms in total. The number of anilines is 3. The number of rotatable bonds is 12. The highest BCUT2D eigenvalue weighted by Gasteiger charge is 2.49. The molecule has 17 N–H and O–H groups in total. The van der Waals surface area contributed by atoms with Gasteiger partial charge in [-0.15, -0.1) is 0 Å². The van der Waals surface area contributed by atoms with Gasteiger partial charge in [-0.25, -0.2) is 37.5 Å². The van der Waals surface area contributed by atoms with Crippen molar-refractivity contribution in [2.75, 3.05) is 43.9 Å². The molecule has 0 amide bonds. The summed E-state index contributed by atoms with van der Waals surface area (Å²) in [5.41, 5.74) is 28.6. The highest BCUT2D eigenvalue weighted by molar-refractivity contribution is 9.10. The minimum absolute atomic E-state index is 0.177. The summed E-state index contributed by atoms with van der Waals surface area (Å²) in [5.74, 6) is 0.805. The lowest BCUT2D eigenvalue weighted by Gasteiger charge is -2.28. The number of nitrogen functional groups attached to an aromatic ring is 3. The molecular formula is C84H90BrF4N15O12. The van der Waals surface area contributed by atoms with Crippen molar-refractivity contribution < 1.29 is 77.4 Å². The summed E-state index contributed by atoms with van der Waals surface area (Å²) in [6, 6.07) is 27.8. The summed E-state index contributed by atoms with van der Waals surface area (Å²) in [5, 5.41) is 96.9. The van der Waals surface area contributed by atoms with Gasteiger partial charge in [-0.3, -0.25) is 0 Å². The number of ether oxygens (including phenoxy) is 4. The smallest absolute Gasteiger partial charge is 0.152 e. The molecule has 12 aromatic rings. The second-order valence-corrected chi connectivity index (χ2v) is 32.0. The zero-order valence-corrected chi connectivity index (χ0v) is 64.6. The molecule has 4 fully saturated rings. The predicted molar refractivity (Wildman–Crippen MR) is 427 cm³/mol. The Labute approximate surface area is 671 Å². The van der Waals surface area contributed by atoms with Gasteiger partial charge >= 0.3 is 0 Å². The lowest BCUT2D eigenvalue weighted by Crippen LogP contribution is -2.35. The average Bonchev–Trinajstić information content (AvgIpc) is 1.59. The standard InChI is InChI=1S/C22H25FN4O3.C21H21BrF2N4O3.C21H23N3O3.C20H21FN4O3/c1-26-8-6-12-3-2-4-17(13(12)10-26)30-18-9-16(20(28)21(18)29)27-11-14(23)19-15(24)5-7-25-22(19)27;22-11-5-15(10-7-26-3-1-9(10)18(11)24)31-16-6-14(19(29)20(16)30)28-8-12(23)17-13(25)2-4-27-21(17)28;25-19-16(24-10-7-14-4-2-8-23-21(14)24)11-18(20(19)26)27-17-5-1-3-13-6-9-22-12-15(13)17;21-12-9-25(20-17(12)13(22)4-5-24-20)14-6-16(19(27)18(14)26)28-15-3-1-2-10-7-23-8-11(10)15/h2-5,7,11,16,18,20-21,28-29H,6,8-10H2,1H3,(H2,24,25);2,4-5,8,14,16,19-20,26,29-30H,1,3,6-7H2,(H2,25,27);1-5,7-8,10,16,18-20,22,25-26H,6,9,11-12H2;1-5,9,14,16,18-19,23,26-27H,6-8H2,(H2,22,24)/t16-,18+,20+,21-;14-,16+,19+,20-;16-,18+,19+,20-;14-,16+,18+,19-/m1111/s1. The number of aromatic nitrogens is 8. The maximum absolute atomic E-state index is 14.5. The fourth-order valence-corrected chi connectivity index (χ4v) is 18.5. The number of likely N-dealkylation sites (N-methyl/N-ethyl adjacent to an activating group) is 1. The molecule has 32 heteroatoms. The molecule has 4 aliphatic heterocycles. The number of aliphatic hydroxyl groups excluding tert-OH is 8. The molecule has 16 atom stereocenters. The Bertz CT molecular complexity index is 5660. The zero-order chi connectivity index (χ0) is 80.6. The molecule has 0 unspecified atom stereocenters. The SMILES string of the molecule is CN1CCc2cccc(O[C@H]3C[C@@H](n4cc(F)c5c(N)ccnc54)[C@H](O)[C@@H]3O)c2C1.Nc1ccnc2c1c(F)cn2[C@@H]1C[C@H](Oc2cc(Br)c(F)c3c2CNCC3)[C@@H](O)[C@H]1O.Nc1ccnc2c1c(F)cn2[C@@H]1C[C@H](Oc2cccc3c2CNC3)[C@@H](O)[C@H]1O.O[C@@H]1[C@H](O)[C@@H](Oc2cccc3c2CNCC3)C[C@H]1n1ccc2cccnc21. The van der Waals surface area contributed by atoms with Crippen molar-refractivity contribution >= 4 is 77.1 Å². The van der Waals surface area contributed by atoms with Gasteiger partial charge in [0.1, 0.15) is 125 Å². The maximum Gasteiger partial charge on any atom is 0.152 e. The molecule has 20 rings (SSSR count). The number of nitrogens with two attached hydrogens (primary N) is 3. The van der Waals surface area contributed by atoms with E-state index >= 15 is 0 Å². The molecule has 0 saturated heterocycles. The highest BCUT2D eigenvalue weighted by Crippen LogP contribution is 2.45. The zero-order valence-electron chi connectivity index (χ0n) is 63.1. The van der Waals surface area contributed by atoms with Crippen molar-refractivity contribution in [1.82, 2.24) is 59.1 Å². The van der Waals surface area contributed by atoms with Gasteiger partial charge in [0.05, 0.1) is 44.8 Å². The highest BCUT2D eigenvalue weighted by atomic mass is 79.9. The first kappa shape index (κ1) is 78.5. The Morgan fingerprint density at radius 1 is 0.414 bits per heavy atom. The topological polar surface area (TPSA) is 387 Å². The van der Waals surface area contributed by atoms with E-state index in [-0.39, 0.29) is 56.0 Å². The van der Waals surface area contributed by atoms with E-state index in [0.29, 0.717) is 84.9 Å². The number of hydrogen-bond donors (Lipinski definition) is 14. The summed E-state index contributed by atoms with van der Waals surface area (Å²) in [7, 11) is 2.06. The number of pyridine rings is 4. The third-order valence-corrected chi connectivity index (χ3v) is 24.7. The van der Waals surface area contributed by atoms with E-state index < -0.39 is 109 Å². The van der Waals surface area contributed by atoms with E-state index in [1.54, 1.807) is 21.4 Å². The van der Waals surface area contributed by atoms with Crippen LogP contribution in [-0.2, 0) is 52.0 Å². The van der Waals surface area contributed by atoms with Crippen LogP contribution in [0.3, 0.4) is 0 Å². The van der Waals surface area contributed by atoms with Gasteiger partial charge in [0.15, 0.2) is 17.5 Å². The van der Waals surface area contributed by atoms with Crippen LogP contribution in [0.2, 0.25) is 0 Å². The summed E-state index contributed by atoms with van der Waals surface area (Å²) < 4.78 is 89.4. The van der Waals surface area contributed by atoms with Crippen molar-refractivity contribution in [2.45, 2.75) is 175 Å². The Balaban J connectivity index is 0.000000111. The molecule has 608 valence electrons.